The molecular formula is C96H94Br2Cl2N6O12. The Hall–Kier alpha value is -9.62. The van der Waals surface area contributed by atoms with Gasteiger partial charge in [-0.2, -0.15) is 9.15 Å². The number of anilines is 2. The lowest BCUT2D eigenvalue weighted by molar-refractivity contribution is -2.00. The highest BCUT2D eigenvalue weighted by molar-refractivity contribution is 9.11. The van der Waals surface area contributed by atoms with Crippen LogP contribution in [0.5, 0.6) is 0 Å². The molecule has 2 spiro atoms. The molecule has 0 radical (unpaired) electrons. The average Bonchev–Trinajstić information content (AvgIpc) is 1.57. The summed E-state index contributed by atoms with van der Waals surface area (Å²) in [6.07, 6.45) is 31.7. The predicted molar refractivity (Wildman–Crippen MR) is 448 cm³/mol. The Kier molecular flexibility index (Phi) is 26.3. The topological polar surface area (TPSA) is 283 Å². The summed E-state index contributed by atoms with van der Waals surface area (Å²) in [6.45, 7) is 7.33. The zero-order valence-corrected chi connectivity index (χ0v) is 70.7. The molecule has 118 heavy (non-hydrogen) atoms. The Morgan fingerprint density at radius 2 is 0.720 bits per heavy atom. The monoisotopic (exact) mass is 1750 g/mol. The number of nitro groups is 2. The maximum atomic E-state index is 12.7. The van der Waals surface area contributed by atoms with Gasteiger partial charge >= 0.3 is 0 Å². The van der Waals surface area contributed by atoms with Crippen LogP contribution in [0.3, 0.4) is 0 Å². The van der Waals surface area contributed by atoms with E-state index in [0.717, 1.165) is 160 Å². The van der Waals surface area contributed by atoms with Gasteiger partial charge in [0.1, 0.15) is 0 Å². The molecular weight excluding hydrogens is 1660 g/mol. The summed E-state index contributed by atoms with van der Waals surface area (Å²) in [4.78, 5) is 29.9. The SMILES string of the molecule is CCCCN1/C(=C/C=C/C2=[N+](Cc3cccc4c(C[N+]5=C(/C=C/C=C6/N(CCCC)c7c(Br)cc([N+](=O)[O-])cc7C67CCCCC7)C(Cc6ccccc6)(Cc6ccccc6)c6ccccc65)cccc34)c3ccccc3C2(Cc2ccccc2)Cc2ccccc2)C2(CCCCC2)c2cc([N+](=O)[O-])cc(Br)c21.[O-][Cl+3]([O-])([O-])[O-].[O-][Cl+3]([O-])([O-])[O-]. The van der Waals surface area contributed by atoms with E-state index in [0.29, 0.717) is 13.1 Å². The fourth-order valence-corrected chi connectivity index (χ4v) is 21.3. The molecule has 4 aliphatic heterocycles. The van der Waals surface area contributed by atoms with E-state index in [2.05, 4.69) is 307 Å². The number of hydrogen-bond acceptors (Lipinski definition) is 14. The van der Waals surface area contributed by atoms with Crippen molar-refractivity contribution in [1.82, 2.24) is 0 Å². The molecule has 0 atom stereocenters. The van der Waals surface area contributed by atoms with Crippen LogP contribution in [0, 0.1) is 40.7 Å². The predicted octanol–water partition coefficient (Wildman–Crippen LogP) is 14.6. The molecule has 0 N–H and O–H groups in total. The summed E-state index contributed by atoms with van der Waals surface area (Å²) in [7, 11) is -9.89. The standard InChI is InChI=1S/C96H94Br2N6O4.2ClHO4/c1-3-5-57-99-87(93(53-25-11-26-54-93)81-59-75(103(105)106)61-83(97)91(81)99)49-31-51-89-95(63-69-33-13-7-14-34-69,64-70-35-15-8-16-36-70)79-45-21-23-47-85(79)101(89)67-73-41-29-44-78-74(42-30-43-77(73)78)68-102-86-48-24-22-46-80(86)96(65-71-37-17-9-18-38-71,66-72-39-19-10-20-40-72)90(102)52-32-50-88-94(55-27-12-28-56-94)82-60-76(104(107)108)62-84(98)92(82)100(88)58-6-4-2;2*2-1(3,4)5/h7-10,13-24,29-52,59-62H,3-6,11-12,25-28,53-58,63-68H2,1-2H3;2*(H,2,3,4,5)/q+2;;/p-2. The van der Waals surface area contributed by atoms with E-state index < -0.39 is 31.3 Å². The number of halogens is 4. The van der Waals surface area contributed by atoms with Crippen molar-refractivity contribution in [2.24, 2.45) is 0 Å². The van der Waals surface area contributed by atoms with Gasteiger partial charge in [0.05, 0.1) is 32.1 Å². The maximum Gasteiger partial charge on any atom is 0.271 e. The van der Waals surface area contributed by atoms with E-state index in [-0.39, 0.29) is 32.1 Å². The average molecular weight is 1750 g/mol. The first-order chi connectivity index (χ1) is 56.9. The summed E-state index contributed by atoms with van der Waals surface area (Å²) < 4.78 is 74.8. The van der Waals surface area contributed by atoms with Crippen LogP contribution < -0.4 is 47.1 Å². The molecule has 6 aliphatic rings. The van der Waals surface area contributed by atoms with Crippen molar-refractivity contribution in [2.75, 3.05) is 22.9 Å². The molecule has 22 heteroatoms. The number of rotatable bonds is 24. The number of benzene rings is 10. The summed E-state index contributed by atoms with van der Waals surface area (Å²) in [5.74, 6) is 0. The lowest BCUT2D eigenvalue weighted by Gasteiger charge is -2.37. The number of allylic oxidation sites excluding steroid dienone is 8. The van der Waals surface area contributed by atoms with Crippen LogP contribution in [-0.4, -0.2) is 43.5 Å². The Bertz CT molecular complexity index is 5090. The van der Waals surface area contributed by atoms with Crippen LogP contribution in [0.4, 0.5) is 34.1 Å². The second kappa shape index (κ2) is 36.5. The van der Waals surface area contributed by atoms with Crippen molar-refractivity contribution in [2.45, 2.75) is 164 Å². The first-order valence-corrected chi connectivity index (χ1v) is 44.6. The molecule has 0 aromatic heterocycles. The number of non-ortho nitro benzene ring substituents is 2. The van der Waals surface area contributed by atoms with Gasteiger partial charge < -0.3 is 9.80 Å². The Labute approximate surface area is 710 Å². The van der Waals surface area contributed by atoms with E-state index >= 15 is 0 Å². The van der Waals surface area contributed by atoms with E-state index in [4.69, 9.17) is 37.3 Å². The van der Waals surface area contributed by atoms with Crippen molar-refractivity contribution in [3.63, 3.8) is 0 Å². The summed E-state index contributed by atoms with van der Waals surface area (Å²) in [5, 5.41) is 27.8. The first kappa shape index (κ1) is 84.8. The smallest absolute Gasteiger partial charge is 0.271 e. The lowest BCUT2D eigenvalue weighted by Crippen LogP contribution is -2.68. The molecule has 16 rings (SSSR count). The van der Waals surface area contributed by atoms with E-state index in [1.165, 1.54) is 89.5 Å². The fraction of sp³-hybridized carbons (Fsp3) is 0.292. The van der Waals surface area contributed by atoms with Gasteiger partial charge in [-0.05, 0) is 152 Å². The van der Waals surface area contributed by atoms with Gasteiger partial charge in [-0.1, -0.05) is 271 Å². The van der Waals surface area contributed by atoms with Crippen LogP contribution >= 0.6 is 31.9 Å². The first-order valence-electron chi connectivity index (χ1n) is 40.5. The number of unbranched alkanes of at least 4 members (excludes halogenated alkanes) is 2. The number of fused-ring (bicyclic) bond motifs is 7. The summed E-state index contributed by atoms with van der Waals surface area (Å²) in [5.41, 5.74) is 20.3. The number of para-hydroxylation sites is 2. The Balaban J connectivity index is 0.00000108. The van der Waals surface area contributed by atoms with Gasteiger partial charge in [0, 0.05) is 115 Å². The molecule has 608 valence electrons. The van der Waals surface area contributed by atoms with E-state index in [9.17, 15) is 20.2 Å². The quantitative estimate of drug-likeness (QED) is 0.0309. The van der Waals surface area contributed by atoms with Crippen LogP contribution in [0.2, 0.25) is 0 Å². The van der Waals surface area contributed by atoms with E-state index in [1.807, 2.05) is 12.1 Å². The van der Waals surface area contributed by atoms with Crippen LogP contribution in [0.15, 0.2) is 287 Å². The van der Waals surface area contributed by atoms with Gasteiger partial charge in [0.15, 0.2) is 24.5 Å². The molecule has 0 saturated heterocycles. The Morgan fingerprint density at radius 3 is 1.03 bits per heavy atom. The third kappa shape index (κ3) is 18.0. The van der Waals surface area contributed by atoms with Crippen molar-refractivity contribution in [3.8, 4) is 0 Å². The maximum absolute atomic E-state index is 12.7. The normalized spacial score (nSPS) is 17.5. The second-order valence-corrected chi connectivity index (χ2v) is 35.0. The number of hydrogen-bond donors (Lipinski definition) is 0. The largest absolute Gasteiger partial charge is 0.343 e. The zero-order valence-electron chi connectivity index (χ0n) is 66.1. The Morgan fingerprint density at radius 1 is 0.407 bits per heavy atom. The molecule has 0 amide bonds. The highest BCUT2D eigenvalue weighted by atomic mass is 79.9. The minimum atomic E-state index is -4.94. The van der Waals surface area contributed by atoms with Crippen molar-refractivity contribution < 1.29 is 76.8 Å². The second-order valence-electron chi connectivity index (χ2n) is 31.8. The van der Waals surface area contributed by atoms with Gasteiger partial charge in [0.2, 0.25) is 11.4 Å². The number of nitro benzene ring substituents is 2. The molecule has 10 aromatic rings. The number of nitrogens with zero attached hydrogens (tertiary/aromatic N) is 6. The highest BCUT2D eigenvalue weighted by Gasteiger charge is 2.55. The van der Waals surface area contributed by atoms with Crippen LogP contribution in [-0.2, 0) is 60.4 Å². The van der Waals surface area contributed by atoms with Crippen molar-refractivity contribution >= 4 is 88.2 Å². The molecule has 2 fully saturated rings. The molecule has 0 unspecified atom stereocenters. The third-order valence-corrected chi connectivity index (χ3v) is 25.9. The zero-order chi connectivity index (χ0) is 83.0. The van der Waals surface area contributed by atoms with E-state index in [1.54, 1.807) is 12.1 Å². The van der Waals surface area contributed by atoms with Gasteiger partial charge in [-0.25, -0.2) is 37.3 Å². The van der Waals surface area contributed by atoms with Crippen molar-refractivity contribution in [1.29, 1.82) is 0 Å². The van der Waals surface area contributed by atoms with Gasteiger partial charge in [-0.3, -0.25) is 20.2 Å². The summed E-state index contributed by atoms with van der Waals surface area (Å²) in [6, 6.07) is 83.7. The molecule has 2 aliphatic carbocycles. The van der Waals surface area contributed by atoms with Crippen molar-refractivity contribution in [3.05, 3.63) is 363 Å². The molecule has 10 aromatic carbocycles. The highest BCUT2D eigenvalue weighted by Crippen LogP contribution is 2.61. The summed E-state index contributed by atoms with van der Waals surface area (Å²) >= 11 is 7.86. The van der Waals surface area contributed by atoms with Crippen LogP contribution in [0.25, 0.3) is 10.8 Å². The molecule has 4 heterocycles. The minimum absolute atomic E-state index is 0.131. The van der Waals surface area contributed by atoms with Gasteiger partial charge in [0.25, 0.3) is 11.4 Å². The van der Waals surface area contributed by atoms with Gasteiger partial charge in [-0.15, -0.1) is 20.5 Å². The van der Waals surface area contributed by atoms with Crippen LogP contribution in [0.1, 0.15) is 159 Å². The molecule has 0 bridgehead atoms. The fourth-order valence-electron chi connectivity index (χ4n) is 19.9. The lowest BCUT2D eigenvalue weighted by atomic mass is 9.68. The third-order valence-electron chi connectivity index (χ3n) is 24.7. The minimum Gasteiger partial charge on any atom is -0.343 e. The molecule has 18 nitrogen and oxygen atoms in total. The molecule has 2 saturated carbocycles.